The van der Waals surface area contributed by atoms with Crippen molar-refractivity contribution in [2.24, 2.45) is 0 Å². The van der Waals surface area contributed by atoms with E-state index in [1.165, 1.54) is 38.2 Å². The van der Waals surface area contributed by atoms with Crippen LogP contribution in [-0.2, 0) is 6.42 Å². The molecular weight excluding hydrogens is 354 g/mol. The zero-order chi connectivity index (χ0) is 19.4. The van der Waals surface area contributed by atoms with Gasteiger partial charge < -0.3 is 9.40 Å². The molecule has 0 radical (unpaired) electrons. The van der Waals surface area contributed by atoms with E-state index in [0.717, 1.165) is 35.1 Å². The van der Waals surface area contributed by atoms with E-state index in [1.54, 1.807) is 0 Å². The Balaban J connectivity index is 1.64. The molecule has 0 amide bonds. The van der Waals surface area contributed by atoms with Crippen molar-refractivity contribution in [2.45, 2.75) is 19.8 Å². The zero-order valence-electron chi connectivity index (χ0n) is 16.3. The third kappa shape index (κ3) is 2.42. The molecule has 2 heterocycles. The monoisotopic (exact) mass is 375 g/mol. The molecule has 2 aromatic heterocycles. The van der Waals surface area contributed by atoms with Crippen LogP contribution in [0.1, 0.15) is 18.9 Å². The standard InChI is InChI=1S/C27H21NO/c1-2-7-17-8-5-11-21-22-12-6-10-19(27(22)29-26(17)21)18-14-15-25-23(16-18)20-9-3-4-13-24(20)28-25/h3-6,8-16,28H,2,7H2,1H3. The van der Waals surface area contributed by atoms with Gasteiger partial charge in [0.25, 0.3) is 0 Å². The van der Waals surface area contributed by atoms with Gasteiger partial charge in [-0.1, -0.05) is 74.0 Å². The minimum Gasteiger partial charge on any atom is -0.455 e. The molecule has 2 heteroatoms. The lowest BCUT2D eigenvalue weighted by Gasteiger charge is -2.03. The quantitative estimate of drug-likeness (QED) is 0.335. The number of furan rings is 1. The summed E-state index contributed by atoms with van der Waals surface area (Å²) >= 11 is 0. The van der Waals surface area contributed by atoms with E-state index in [4.69, 9.17) is 4.42 Å². The topological polar surface area (TPSA) is 28.9 Å². The van der Waals surface area contributed by atoms with Crippen molar-refractivity contribution in [1.82, 2.24) is 4.98 Å². The van der Waals surface area contributed by atoms with Crippen molar-refractivity contribution in [3.63, 3.8) is 0 Å². The van der Waals surface area contributed by atoms with Crippen LogP contribution in [0, 0.1) is 0 Å². The maximum absolute atomic E-state index is 6.49. The first-order chi connectivity index (χ1) is 14.3. The molecule has 0 aliphatic heterocycles. The van der Waals surface area contributed by atoms with Crippen molar-refractivity contribution in [3.8, 4) is 11.1 Å². The highest BCUT2D eigenvalue weighted by molar-refractivity contribution is 6.12. The summed E-state index contributed by atoms with van der Waals surface area (Å²) < 4.78 is 6.49. The molecule has 1 N–H and O–H groups in total. The van der Waals surface area contributed by atoms with Gasteiger partial charge in [-0.3, -0.25) is 0 Å². The van der Waals surface area contributed by atoms with Crippen LogP contribution in [0.2, 0.25) is 0 Å². The zero-order valence-corrected chi connectivity index (χ0v) is 16.3. The number of benzene rings is 4. The average molecular weight is 375 g/mol. The van der Waals surface area contributed by atoms with E-state index in [0.29, 0.717) is 0 Å². The van der Waals surface area contributed by atoms with Crippen molar-refractivity contribution in [3.05, 3.63) is 84.4 Å². The summed E-state index contributed by atoms with van der Waals surface area (Å²) in [6, 6.07) is 28.1. The fourth-order valence-electron chi connectivity index (χ4n) is 4.59. The van der Waals surface area contributed by atoms with Gasteiger partial charge >= 0.3 is 0 Å². The number of hydrogen-bond acceptors (Lipinski definition) is 1. The molecule has 4 aromatic carbocycles. The van der Waals surface area contributed by atoms with Crippen LogP contribution in [0.4, 0.5) is 0 Å². The lowest BCUT2D eigenvalue weighted by molar-refractivity contribution is 0.662. The Kier molecular flexibility index (Phi) is 3.54. The maximum atomic E-state index is 6.49. The third-order valence-corrected chi connectivity index (χ3v) is 5.94. The number of H-pyrrole nitrogens is 1. The summed E-state index contributed by atoms with van der Waals surface area (Å²) in [5, 5.41) is 4.90. The number of rotatable bonds is 3. The fraction of sp³-hybridized carbons (Fsp3) is 0.111. The summed E-state index contributed by atoms with van der Waals surface area (Å²) in [5.41, 5.74) is 7.97. The Morgan fingerprint density at radius 1 is 0.690 bits per heavy atom. The second-order valence-electron chi connectivity index (χ2n) is 7.76. The molecule has 29 heavy (non-hydrogen) atoms. The summed E-state index contributed by atoms with van der Waals surface area (Å²) in [6.45, 7) is 2.21. The number of para-hydroxylation sites is 3. The predicted octanol–water partition coefficient (Wildman–Crippen LogP) is 7.84. The molecule has 0 saturated heterocycles. The Bertz CT molecular complexity index is 1520. The first-order valence-electron chi connectivity index (χ1n) is 10.3. The number of nitrogens with one attached hydrogen (secondary N) is 1. The van der Waals surface area contributed by atoms with E-state index in [1.807, 2.05) is 0 Å². The fourth-order valence-corrected chi connectivity index (χ4v) is 4.59. The maximum Gasteiger partial charge on any atom is 0.143 e. The van der Waals surface area contributed by atoms with Crippen LogP contribution in [0.3, 0.4) is 0 Å². The van der Waals surface area contributed by atoms with Gasteiger partial charge in [0.1, 0.15) is 11.2 Å². The van der Waals surface area contributed by atoms with Crippen molar-refractivity contribution in [2.75, 3.05) is 0 Å². The molecule has 140 valence electrons. The van der Waals surface area contributed by atoms with Crippen LogP contribution in [0.25, 0.3) is 54.9 Å². The van der Waals surface area contributed by atoms with Gasteiger partial charge in [-0.25, -0.2) is 0 Å². The molecular formula is C27H21NO. The molecule has 2 nitrogen and oxygen atoms in total. The molecule has 0 saturated carbocycles. The Labute approximate surface area is 168 Å². The van der Waals surface area contributed by atoms with Gasteiger partial charge in [-0.2, -0.15) is 0 Å². The van der Waals surface area contributed by atoms with Crippen LogP contribution in [0.15, 0.2) is 83.3 Å². The highest BCUT2D eigenvalue weighted by atomic mass is 16.3. The molecule has 6 rings (SSSR count). The van der Waals surface area contributed by atoms with Crippen molar-refractivity contribution >= 4 is 43.7 Å². The average Bonchev–Trinajstić information content (AvgIpc) is 3.32. The molecule has 0 aliphatic rings. The van der Waals surface area contributed by atoms with Gasteiger partial charge in [-0.05, 0) is 35.7 Å². The molecule has 0 fully saturated rings. The van der Waals surface area contributed by atoms with E-state index >= 15 is 0 Å². The number of hydrogen-bond donors (Lipinski definition) is 1. The number of aryl methyl sites for hydroxylation is 1. The smallest absolute Gasteiger partial charge is 0.143 e. The Morgan fingerprint density at radius 2 is 1.45 bits per heavy atom. The van der Waals surface area contributed by atoms with Crippen molar-refractivity contribution < 1.29 is 4.42 Å². The SMILES string of the molecule is CCCc1cccc2c1oc1c(-c3ccc4[nH]c5ccccc5c4c3)cccc12. The molecule has 0 bridgehead atoms. The Morgan fingerprint density at radius 3 is 2.34 bits per heavy atom. The van der Waals surface area contributed by atoms with Crippen LogP contribution < -0.4 is 0 Å². The Hall–Kier alpha value is -3.52. The minimum atomic E-state index is 0.977. The van der Waals surface area contributed by atoms with E-state index in [9.17, 15) is 0 Å². The van der Waals surface area contributed by atoms with Crippen LogP contribution in [0.5, 0.6) is 0 Å². The van der Waals surface area contributed by atoms with E-state index < -0.39 is 0 Å². The molecule has 0 aliphatic carbocycles. The largest absolute Gasteiger partial charge is 0.455 e. The van der Waals surface area contributed by atoms with E-state index in [2.05, 4.69) is 90.8 Å². The lowest BCUT2D eigenvalue weighted by atomic mass is 10.00. The second kappa shape index (κ2) is 6.25. The van der Waals surface area contributed by atoms with Gasteiger partial charge in [0.05, 0.1) is 0 Å². The lowest BCUT2D eigenvalue weighted by Crippen LogP contribution is -1.82. The van der Waals surface area contributed by atoms with Gasteiger partial charge in [0, 0.05) is 38.1 Å². The first-order valence-corrected chi connectivity index (χ1v) is 10.3. The number of aromatic amines is 1. The third-order valence-electron chi connectivity index (χ3n) is 5.94. The highest BCUT2D eigenvalue weighted by Gasteiger charge is 2.15. The van der Waals surface area contributed by atoms with Gasteiger partial charge in [0.15, 0.2) is 0 Å². The predicted molar refractivity (Wildman–Crippen MR) is 123 cm³/mol. The van der Waals surface area contributed by atoms with Gasteiger partial charge in [-0.15, -0.1) is 0 Å². The first kappa shape index (κ1) is 16.4. The van der Waals surface area contributed by atoms with Crippen molar-refractivity contribution in [1.29, 1.82) is 0 Å². The minimum absolute atomic E-state index is 0.977. The summed E-state index contributed by atoms with van der Waals surface area (Å²) in [4.78, 5) is 3.51. The molecule has 0 spiro atoms. The normalized spacial score (nSPS) is 11.9. The van der Waals surface area contributed by atoms with E-state index in [-0.39, 0.29) is 0 Å². The second-order valence-corrected chi connectivity index (χ2v) is 7.76. The molecule has 6 aromatic rings. The number of fused-ring (bicyclic) bond motifs is 6. The molecule has 0 unspecified atom stereocenters. The highest BCUT2D eigenvalue weighted by Crippen LogP contribution is 2.38. The van der Waals surface area contributed by atoms with Gasteiger partial charge in [0.2, 0.25) is 0 Å². The summed E-state index contributed by atoms with van der Waals surface area (Å²) in [5.74, 6) is 0. The summed E-state index contributed by atoms with van der Waals surface area (Å²) in [6.07, 6.45) is 2.15. The summed E-state index contributed by atoms with van der Waals surface area (Å²) in [7, 11) is 0. The number of aromatic nitrogens is 1. The van der Waals surface area contributed by atoms with Crippen LogP contribution in [-0.4, -0.2) is 4.98 Å². The van der Waals surface area contributed by atoms with Crippen LogP contribution >= 0.6 is 0 Å². The molecule has 0 atom stereocenters.